The minimum atomic E-state index is -0.123. The third kappa shape index (κ3) is 4.82. The number of carbonyl (C=O) groups is 1. The number of carbonyl (C=O) groups excluding carboxylic acids is 1. The Balaban J connectivity index is 2.29. The lowest BCUT2D eigenvalue weighted by atomic mass is 10.2. The molecule has 3 nitrogen and oxygen atoms in total. The second-order valence-corrected chi connectivity index (χ2v) is 3.96. The number of anilines is 1. The van der Waals surface area contributed by atoms with E-state index in [-0.39, 0.29) is 6.03 Å². The number of rotatable bonds is 5. The normalized spacial score (nSPS) is 9.88. The highest BCUT2D eigenvalue weighted by molar-refractivity contribution is 5.89. The van der Waals surface area contributed by atoms with Crippen molar-refractivity contribution in [2.75, 3.05) is 11.9 Å². The molecule has 1 aromatic carbocycles. The van der Waals surface area contributed by atoms with Crippen LogP contribution in [0.2, 0.25) is 0 Å². The van der Waals surface area contributed by atoms with Gasteiger partial charge in [-0.15, -0.1) is 0 Å². The monoisotopic (exact) mass is 220 g/mol. The van der Waals surface area contributed by atoms with Crippen LogP contribution in [0.25, 0.3) is 0 Å². The summed E-state index contributed by atoms with van der Waals surface area (Å²) < 4.78 is 0. The van der Waals surface area contributed by atoms with Crippen molar-refractivity contribution in [2.24, 2.45) is 0 Å². The van der Waals surface area contributed by atoms with Crippen LogP contribution in [0.5, 0.6) is 0 Å². The van der Waals surface area contributed by atoms with Gasteiger partial charge in [-0.3, -0.25) is 0 Å². The first-order chi connectivity index (χ1) is 7.72. The molecule has 0 aliphatic heterocycles. The molecule has 0 heterocycles. The molecule has 16 heavy (non-hydrogen) atoms. The molecule has 0 aliphatic carbocycles. The predicted octanol–water partition coefficient (Wildman–Crippen LogP) is 3.31. The third-order valence-electron chi connectivity index (χ3n) is 2.34. The van der Waals surface area contributed by atoms with Gasteiger partial charge in [0.2, 0.25) is 0 Å². The zero-order valence-electron chi connectivity index (χ0n) is 10.0. The number of hydrogen-bond acceptors (Lipinski definition) is 1. The van der Waals surface area contributed by atoms with Gasteiger partial charge in [-0.05, 0) is 31.0 Å². The summed E-state index contributed by atoms with van der Waals surface area (Å²) in [6.07, 6.45) is 3.36. The summed E-state index contributed by atoms with van der Waals surface area (Å²) in [6.45, 7) is 4.89. The van der Waals surface area contributed by atoms with E-state index in [0.717, 1.165) is 30.6 Å². The summed E-state index contributed by atoms with van der Waals surface area (Å²) in [6, 6.07) is 7.65. The first-order valence-electron chi connectivity index (χ1n) is 5.84. The van der Waals surface area contributed by atoms with Gasteiger partial charge in [-0.2, -0.15) is 0 Å². The van der Waals surface area contributed by atoms with Crippen LogP contribution in [0.15, 0.2) is 24.3 Å². The lowest BCUT2D eigenvalue weighted by Crippen LogP contribution is -2.29. The molecule has 0 saturated carbocycles. The van der Waals surface area contributed by atoms with E-state index in [4.69, 9.17) is 0 Å². The first-order valence-corrected chi connectivity index (χ1v) is 5.84. The maximum Gasteiger partial charge on any atom is 0.319 e. The summed E-state index contributed by atoms with van der Waals surface area (Å²) in [5.41, 5.74) is 1.98. The Hall–Kier alpha value is -1.51. The van der Waals surface area contributed by atoms with Gasteiger partial charge in [0.05, 0.1) is 0 Å². The Bertz CT molecular complexity index is 336. The maximum absolute atomic E-state index is 11.5. The molecule has 0 aliphatic rings. The lowest BCUT2D eigenvalue weighted by molar-refractivity contribution is 0.252. The lowest BCUT2D eigenvalue weighted by Gasteiger charge is -2.07. The first kappa shape index (κ1) is 12.6. The van der Waals surface area contributed by atoms with Crippen LogP contribution >= 0.6 is 0 Å². The maximum atomic E-state index is 11.5. The van der Waals surface area contributed by atoms with Crippen molar-refractivity contribution in [3.05, 3.63) is 29.8 Å². The van der Waals surface area contributed by atoms with Gasteiger partial charge in [0.25, 0.3) is 0 Å². The molecule has 88 valence electrons. The molecule has 0 bridgehead atoms. The van der Waals surface area contributed by atoms with E-state index in [9.17, 15) is 4.79 Å². The van der Waals surface area contributed by atoms with Crippen molar-refractivity contribution in [1.29, 1.82) is 0 Å². The van der Waals surface area contributed by atoms with E-state index in [2.05, 4.69) is 17.6 Å². The van der Waals surface area contributed by atoms with Crippen LogP contribution in [0, 0.1) is 6.92 Å². The van der Waals surface area contributed by atoms with Gasteiger partial charge >= 0.3 is 6.03 Å². The molecular formula is C13H20N2O. The highest BCUT2D eigenvalue weighted by atomic mass is 16.2. The second kappa shape index (κ2) is 6.88. The second-order valence-electron chi connectivity index (χ2n) is 3.96. The van der Waals surface area contributed by atoms with E-state index in [1.54, 1.807) is 0 Å². The molecule has 0 spiro atoms. The summed E-state index contributed by atoms with van der Waals surface area (Å²) in [7, 11) is 0. The molecule has 3 heteroatoms. The molecule has 1 rings (SSSR count). The van der Waals surface area contributed by atoms with Gasteiger partial charge in [-0.25, -0.2) is 4.79 Å². The number of benzene rings is 1. The number of aryl methyl sites for hydroxylation is 1. The number of unbranched alkanes of at least 4 members (excludes halogenated alkanes) is 2. The summed E-state index contributed by atoms with van der Waals surface area (Å²) in [4.78, 5) is 11.5. The number of nitrogens with one attached hydrogen (secondary N) is 2. The average Bonchev–Trinajstić information content (AvgIpc) is 2.24. The highest BCUT2D eigenvalue weighted by Gasteiger charge is 2.00. The molecule has 0 unspecified atom stereocenters. The highest BCUT2D eigenvalue weighted by Crippen LogP contribution is 2.08. The summed E-state index contributed by atoms with van der Waals surface area (Å²) in [5, 5.41) is 5.64. The molecule has 1 aromatic rings. The van der Waals surface area contributed by atoms with E-state index in [1.165, 1.54) is 6.42 Å². The Morgan fingerprint density at radius 1 is 1.31 bits per heavy atom. The fourth-order valence-corrected chi connectivity index (χ4v) is 1.48. The van der Waals surface area contributed by atoms with Crippen molar-refractivity contribution in [3.63, 3.8) is 0 Å². The quantitative estimate of drug-likeness (QED) is 0.734. The Morgan fingerprint density at radius 2 is 2.12 bits per heavy atom. The zero-order chi connectivity index (χ0) is 11.8. The van der Waals surface area contributed by atoms with Crippen LogP contribution in [0.3, 0.4) is 0 Å². The smallest absolute Gasteiger partial charge is 0.319 e. The molecule has 0 saturated heterocycles. The van der Waals surface area contributed by atoms with Gasteiger partial charge in [0, 0.05) is 12.2 Å². The van der Waals surface area contributed by atoms with Crippen LogP contribution in [-0.2, 0) is 0 Å². The molecular weight excluding hydrogens is 200 g/mol. The molecule has 2 N–H and O–H groups in total. The number of hydrogen-bond donors (Lipinski definition) is 2. The van der Waals surface area contributed by atoms with E-state index in [1.807, 2.05) is 31.2 Å². The minimum Gasteiger partial charge on any atom is -0.338 e. The van der Waals surface area contributed by atoms with Crippen LogP contribution in [0.1, 0.15) is 31.7 Å². The molecule has 0 radical (unpaired) electrons. The van der Waals surface area contributed by atoms with Crippen LogP contribution < -0.4 is 10.6 Å². The fourth-order valence-electron chi connectivity index (χ4n) is 1.48. The standard InChI is InChI=1S/C13H20N2O/c1-3-4-5-9-14-13(16)15-12-8-6-7-11(2)10-12/h6-8,10H,3-5,9H2,1-2H3,(H2,14,15,16). The summed E-state index contributed by atoms with van der Waals surface area (Å²) >= 11 is 0. The molecule has 2 amide bonds. The van der Waals surface area contributed by atoms with Crippen LogP contribution in [0.4, 0.5) is 10.5 Å². The van der Waals surface area contributed by atoms with Crippen molar-refractivity contribution in [2.45, 2.75) is 33.1 Å². The van der Waals surface area contributed by atoms with E-state index >= 15 is 0 Å². The van der Waals surface area contributed by atoms with Crippen molar-refractivity contribution >= 4 is 11.7 Å². The molecule has 0 aromatic heterocycles. The predicted molar refractivity (Wildman–Crippen MR) is 67.7 cm³/mol. The third-order valence-corrected chi connectivity index (χ3v) is 2.34. The van der Waals surface area contributed by atoms with E-state index in [0.29, 0.717) is 0 Å². The van der Waals surface area contributed by atoms with Crippen LogP contribution in [-0.4, -0.2) is 12.6 Å². The van der Waals surface area contributed by atoms with Gasteiger partial charge < -0.3 is 10.6 Å². The van der Waals surface area contributed by atoms with Crippen molar-refractivity contribution in [1.82, 2.24) is 5.32 Å². The Kier molecular flexibility index (Phi) is 5.40. The summed E-state index contributed by atoms with van der Waals surface area (Å²) in [5.74, 6) is 0. The van der Waals surface area contributed by atoms with Gasteiger partial charge in [-0.1, -0.05) is 31.9 Å². The fraction of sp³-hybridized carbons (Fsp3) is 0.462. The SMILES string of the molecule is CCCCCNC(=O)Nc1cccc(C)c1. The Morgan fingerprint density at radius 3 is 2.81 bits per heavy atom. The van der Waals surface area contributed by atoms with Crippen molar-refractivity contribution in [3.8, 4) is 0 Å². The van der Waals surface area contributed by atoms with Crippen molar-refractivity contribution < 1.29 is 4.79 Å². The minimum absolute atomic E-state index is 0.123. The largest absolute Gasteiger partial charge is 0.338 e. The molecule has 0 fully saturated rings. The average molecular weight is 220 g/mol. The zero-order valence-corrected chi connectivity index (χ0v) is 10.0. The Labute approximate surface area is 97.2 Å². The number of urea groups is 1. The molecule has 0 atom stereocenters. The topological polar surface area (TPSA) is 41.1 Å². The van der Waals surface area contributed by atoms with Gasteiger partial charge in [0.15, 0.2) is 0 Å². The van der Waals surface area contributed by atoms with E-state index < -0.39 is 0 Å². The number of amides is 2. The van der Waals surface area contributed by atoms with Gasteiger partial charge in [0.1, 0.15) is 0 Å².